The number of aliphatic carboxylic acids is 1. The summed E-state index contributed by atoms with van der Waals surface area (Å²) in [4.78, 5) is 10.2. The van der Waals surface area contributed by atoms with Crippen molar-refractivity contribution in [3.05, 3.63) is 35.9 Å². The molecule has 0 heterocycles. The van der Waals surface area contributed by atoms with Gasteiger partial charge in [-0.3, -0.25) is 4.79 Å². The summed E-state index contributed by atoms with van der Waals surface area (Å²) in [6.07, 6.45) is 0.243. The average molecular weight is 228 g/mol. The lowest BCUT2D eigenvalue weighted by Gasteiger charge is -1.99. The molecule has 1 rings (SSSR count). The van der Waals surface area contributed by atoms with Crippen molar-refractivity contribution < 1.29 is 9.90 Å². The zero-order valence-electron chi connectivity index (χ0n) is 7.68. The van der Waals surface area contributed by atoms with Crippen LogP contribution in [-0.4, -0.2) is 16.8 Å². The quantitative estimate of drug-likeness (QED) is 0.600. The topological polar surface area (TPSA) is 37.3 Å². The van der Waals surface area contributed by atoms with E-state index in [2.05, 4.69) is 12.1 Å². The molecule has 0 saturated carbocycles. The third-order valence-corrected chi connectivity index (χ3v) is 3.89. The second-order valence-corrected chi connectivity index (χ2v) is 5.30. The molecular weight excluding hydrogens is 216 g/mol. The van der Waals surface area contributed by atoms with Crippen LogP contribution < -0.4 is 0 Å². The van der Waals surface area contributed by atoms with E-state index in [1.165, 1.54) is 5.56 Å². The Hall–Kier alpha value is -0.610. The summed E-state index contributed by atoms with van der Waals surface area (Å²) in [6, 6.07) is 10.2. The molecule has 1 aromatic rings. The van der Waals surface area contributed by atoms with Gasteiger partial charge in [0.25, 0.3) is 0 Å². The van der Waals surface area contributed by atoms with Crippen LogP contribution in [0.25, 0.3) is 0 Å². The minimum absolute atomic E-state index is 0.243. The van der Waals surface area contributed by atoms with Crippen LogP contribution in [0.1, 0.15) is 12.0 Å². The maximum Gasteiger partial charge on any atom is 0.304 e. The highest BCUT2D eigenvalue weighted by molar-refractivity contribution is 8.76. The molecule has 0 spiro atoms. The van der Waals surface area contributed by atoms with Crippen molar-refractivity contribution in [3.63, 3.8) is 0 Å². The Labute approximate surface area is 91.5 Å². The van der Waals surface area contributed by atoms with E-state index in [4.69, 9.17) is 5.11 Å². The normalized spacial score (nSPS) is 10.0. The Balaban J connectivity index is 2.08. The van der Waals surface area contributed by atoms with Crippen molar-refractivity contribution >= 4 is 27.6 Å². The summed E-state index contributed by atoms with van der Waals surface area (Å²) in [5, 5.41) is 8.41. The zero-order valence-corrected chi connectivity index (χ0v) is 9.31. The number of carbonyl (C=O) groups is 1. The third kappa shape index (κ3) is 5.19. The molecule has 1 N–H and O–H groups in total. The first-order chi connectivity index (χ1) is 6.79. The first kappa shape index (κ1) is 11.5. The molecule has 1 aromatic carbocycles. The zero-order chi connectivity index (χ0) is 10.2. The van der Waals surface area contributed by atoms with E-state index in [9.17, 15) is 4.79 Å². The second kappa shape index (κ2) is 6.79. The number of carboxylic acid groups (broad SMARTS) is 1. The van der Waals surface area contributed by atoms with E-state index in [1.807, 2.05) is 18.2 Å². The summed E-state index contributed by atoms with van der Waals surface area (Å²) in [7, 11) is 3.31. The lowest BCUT2D eigenvalue weighted by Crippen LogP contribution is -1.94. The first-order valence-corrected chi connectivity index (χ1v) is 6.78. The summed E-state index contributed by atoms with van der Waals surface area (Å²) in [5.74, 6) is 0.885. The third-order valence-electron chi connectivity index (χ3n) is 1.55. The molecule has 0 unspecified atom stereocenters. The molecule has 0 aliphatic rings. The van der Waals surface area contributed by atoms with Gasteiger partial charge in [0.15, 0.2) is 0 Å². The lowest BCUT2D eigenvalue weighted by atomic mass is 10.2. The molecule has 4 heteroatoms. The smallest absolute Gasteiger partial charge is 0.304 e. The molecule has 0 atom stereocenters. The standard InChI is InChI=1S/C10H12O2S2/c11-10(12)6-7-13-14-8-9-4-2-1-3-5-9/h1-5H,6-8H2,(H,11,12). The molecule has 76 valence electrons. The number of rotatable bonds is 6. The molecule has 2 nitrogen and oxygen atoms in total. The first-order valence-electron chi connectivity index (χ1n) is 4.29. The largest absolute Gasteiger partial charge is 0.481 e. The molecule has 0 aromatic heterocycles. The van der Waals surface area contributed by atoms with E-state index >= 15 is 0 Å². The molecule has 0 saturated heterocycles. The highest BCUT2D eigenvalue weighted by atomic mass is 33.1. The fraction of sp³-hybridized carbons (Fsp3) is 0.300. The molecular formula is C10H12O2S2. The van der Waals surface area contributed by atoms with Gasteiger partial charge in [-0.25, -0.2) is 0 Å². The predicted molar refractivity (Wildman–Crippen MR) is 62.4 cm³/mol. The number of carboxylic acids is 1. The van der Waals surface area contributed by atoms with Crippen molar-refractivity contribution in [1.82, 2.24) is 0 Å². The Morgan fingerprint density at radius 1 is 1.21 bits per heavy atom. The highest BCUT2D eigenvalue weighted by Gasteiger charge is 1.97. The van der Waals surface area contributed by atoms with Gasteiger partial charge in [-0.05, 0) is 5.56 Å². The summed E-state index contributed by atoms with van der Waals surface area (Å²) >= 11 is 0. The van der Waals surface area contributed by atoms with Crippen LogP contribution in [0.2, 0.25) is 0 Å². The van der Waals surface area contributed by atoms with E-state index in [0.717, 1.165) is 5.75 Å². The van der Waals surface area contributed by atoms with Crippen LogP contribution in [-0.2, 0) is 10.5 Å². The highest BCUT2D eigenvalue weighted by Crippen LogP contribution is 2.26. The maximum absolute atomic E-state index is 10.2. The Kier molecular flexibility index (Phi) is 5.56. The minimum atomic E-state index is -0.724. The molecule has 0 aliphatic carbocycles. The molecule has 14 heavy (non-hydrogen) atoms. The van der Waals surface area contributed by atoms with Crippen LogP contribution in [0.15, 0.2) is 30.3 Å². The van der Waals surface area contributed by atoms with E-state index in [0.29, 0.717) is 5.75 Å². The van der Waals surface area contributed by atoms with Gasteiger partial charge in [-0.1, -0.05) is 51.9 Å². The number of hydrogen-bond donors (Lipinski definition) is 1. The van der Waals surface area contributed by atoms with E-state index < -0.39 is 5.97 Å². The van der Waals surface area contributed by atoms with Gasteiger partial charge >= 0.3 is 5.97 Å². The van der Waals surface area contributed by atoms with E-state index in [-0.39, 0.29) is 6.42 Å². The van der Waals surface area contributed by atoms with Crippen LogP contribution in [0, 0.1) is 0 Å². The monoisotopic (exact) mass is 228 g/mol. The van der Waals surface area contributed by atoms with Crippen molar-refractivity contribution in [3.8, 4) is 0 Å². The summed E-state index contributed by atoms with van der Waals surface area (Å²) in [5.41, 5.74) is 1.28. The second-order valence-electron chi connectivity index (χ2n) is 2.71. The minimum Gasteiger partial charge on any atom is -0.481 e. The van der Waals surface area contributed by atoms with Gasteiger partial charge in [-0.2, -0.15) is 0 Å². The lowest BCUT2D eigenvalue weighted by molar-refractivity contribution is -0.136. The van der Waals surface area contributed by atoms with Crippen LogP contribution in [0.4, 0.5) is 0 Å². The Morgan fingerprint density at radius 3 is 2.57 bits per heavy atom. The summed E-state index contributed by atoms with van der Waals surface area (Å²) in [6.45, 7) is 0. The van der Waals surface area contributed by atoms with Gasteiger partial charge in [0.2, 0.25) is 0 Å². The van der Waals surface area contributed by atoms with Gasteiger partial charge in [-0.15, -0.1) is 0 Å². The van der Waals surface area contributed by atoms with Crippen molar-refractivity contribution in [1.29, 1.82) is 0 Å². The van der Waals surface area contributed by atoms with Crippen LogP contribution in [0.3, 0.4) is 0 Å². The van der Waals surface area contributed by atoms with Gasteiger partial charge in [0.1, 0.15) is 0 Å². The van der Waals surface area contributed by atoms with Crippen LogP contribution >= 0.6 is 21.6 Å². The van der Waals surface area contributed by atoms with Crippen LogP contribution in [0.5, 0.6) is 0 Å². The fourth-order valence-electron chi connectivity index (χ4n) is 0.872. The Morgan fingerprint density at radius 2 is 1.93 bits per heavy atom. The number of benzene rings is 1. The average Bonchev–Trinajstić information content (AvgIpc) is 2.18. The summed E-state index contributed by atoms with van der Waals surface area (Å²) < 4.78 is 0. The van der Waals surface area contributed by atoms with Gasteiger partial charge < -0.3 is 5.11 Å². The van der Waals surface area contributed by atoms with Gasteiger partial charge in [0, 0.05) is 11.5 Å². The predicted octanol–water partition coefficient (Wildman–Crippen LogP) is 3.04. The Bertz CT molecular complexity index is 275. The SMILES string of the molecule is O=C(O)CCSSCc1ccccc1. The molecule has 0 amide bonds. The van der Waals surface area contributed by atoms with Crippen molar-refractivity contribution in [2.75, 3.05) is 5.75 Å². The molecule has 0 radical (unpaired) electrons. The number of hydrogen-bond acceptors (Lipinski definition) is 3. The van der Waals surface area contributed by atoms with Crippen molar-refractivity contribution in [2.45, 2.75) is 12.2 Å². The molecule has 0 bridgehead atoms. The molecule has 0 fully saturated rings. The van der Waals surface area contributed by atoms with Crippen molar-refractivity contribution in [2.24, 2.45) is 0 Å². The maximum atomic E-state index is 10.2. The van der Waals surface area contributed by atoms with Gasteiger partial charge in [0.05, 0.1) is 6.42 Å². The fourth-order valence-corrected chi connectivity index (χ4v) is 2.92. The van der Waals surface area contributed by atoms with E-state index in [1.54, 1.807) is 21.6 Å². The molecule has 0 aliphatic heterocycles.